The van der Waals surface area contributed by atoms with Gasteiger partial charge in [0.1, 0.15) is 0 Å². The van der Waals surface area contributed by atoms with Gasteiger partial charge < -0.3 is 15.5 Å². The number of aryl methyl sites for hydroxylation is 1. The Morgan fingerprint density at radius 3 is 2.61 bits per heavy atom. The number of anilines is 1. The lowest BCUT2D eigenvalue weighted by Gasteiger charge is -2.32. The molecule has 1 aromatic rings. The van der Waals surface area contributed by atoms with E-state index in [0.29, 0.717) is 12.5 Å². The van der Waals surface area contributed by atoms with Gasteiger partial charge in [0.15, 0.2) is 0 Å². The molecule has 1 atom stereocenters. The Kier molecular flexibility index (Phi) is 10.3. The van der Waals surface area contributed by atoms with Gasteiger partial charge in [-0.15, -0.1) is 24.8 Å². The summed E-state index contributed by atoms with van der Waals surface area (Å²) in [7, 11) is 0. The zero-order chi connectivity index (χ0) is 15.2. The van der Waals surface area contributed by atoms with Crippen molar-refractivity contribution in [3.8, 4) is 0 Å². The van der Waals surface area contributed by atoms with E-state index in [9.17, 15) is 4.79 Å². The first kappa shape index (κ1) is 22.0. The lowest BCUT2D eigenvalue weighted by molar-refractivity contribution is -0.126. The van der Waals surface area contributed by atoms with E-state index in [0.717, 1.165) is 26.2 Å². The van der Waals surface area contributed by atoms with Crippen LogP contribution in [0.1, 0.15) is 19.4 Å². The van der Waals surface area contributed by atoms with Crippen LogP contribution in [0.5, 0.6) is 0 Å². The van der Waals surface area contributed by atoms with Crippen molar-refractivity contribution in [3.05, 3.63) is 29.8 Å². The summed E-state index contributed by atoms with van der Waals surface area (Å²) in [6.07, 6.45) is 0. The Bertz CT molecular complexity index is 481. The molecule has 0 aromatic heterocycles. The maximum Gasteiger partial charge on any atom is 0.223 e. The molecule has 1 heterocycles. The van der Waals surface area contributed by atoms with Crippen LogP contribution in [-0.2, 0) is 4.79 Å². The Labute approximate surface area is 152 Å². The Morgan fingerprint density at radius 2 is 2.09 bits per heavy atom. The van der Waals surface area contributed by atoms with Crippen LogP contribution in [0.25, 0.3) is 0 Å². The smallest absolute Gasteiger partial charge is 0.223 e. The number of carbonyl (C=O) groups is 1. The molecule has 1 aliphatic heterocycles. The zero-order valence-electron chi connectivity index (χ0n) is 14.2. The Morgan fingerprint density at radius 1 is 1.39 bits per heavy atom. The van der Waals surface area contributed by atoms with E-state index < -0.39 is 0 Å². The molecule has 1 unspecified atom stereocenters. The molecule has 1 aliphatic rings. The monoisotopic (exact) mass is 361 g/mol. The number of rotatable bonds is 7. The number of benzene rings is 1. The average molecular weight is 362 g/mol. The minimum atomic E-state index is 0. The molecule has 23 heavy (non-hydrogen) atoms. The molecule has 0 radical (unpaired) electrons. The number of likely N-dealkylation sites (N-methyl/N-ethyl adjacent to an activating group) is 1. The van der Waals surface area contributed by atoms with Crippen LogP contribution in [0.15, 0.2) is 24.3 Å². The van der Waals surface area contributed by atoms with Gasteiger partial charge in [0.05, 0.1) is 0 Å². The number of hydrogen-bond acceptors (Lipinski definition) is 3. The molecule has 4 nitrogen and oxygen atoms in total. The molecular weight excluding hydrogens is 333 g/mol. The molecule has 0 bridgehead atoms. The van der Waals surface area contributed by atoms with E-state index in [4.69, 9.17) is 0 Å². The van der Waals surface area contributed by atoms with Crippen molar-refractivity contribution in [1.29, 1.82) is 0 Å². The molecule has 0 spiro atoms. The van der Waals surface area contributed by atoms with Crippen LogP contribution < -0.4 is 15.5 Å². The molecule has 1 fully saturated rings. The summed E-state index contributed by atoms with van der Waals surface area (Å²) in [5, 5.41) is 6.29. The number of carbonyl (C=O) groups excluding carboxylic acids is 1. The van der Waals surface area contributed by atoms with Crippen molar-refractivity contribution in [2.24, 2.45) is 11.8 Å². The first-order valence-corrected chi connectivity index (χ1v) is 7.92. The molecule has 0 aliphatic carbocycles. The van der Waals surface area contributed by atoms with Crippen LogP contribution >= 0.6 is 24.8 Å². The largest absolute Gasteiger partial charge is 0.370 e. The van der Waals surface area contributed by atoms with E-state index in [2.05, 4.69) is 53.6 Å². The standard InChI is InChI=1S/C17H27N3O.2ClH/c1-4-20(16-7-5-6-13(2)10-16)9-8-19-17(21)14(3)15-11-18-12-15;;/h5-7,10,14-15,18H,4,8-9,11-12H2,1-3H3,(H,19,21);2*1H. The minimum Gasteiger partial charge on any atom is -0.370 e. The van der Waals surface area contributed by atoms with Crippen molar-refractivity contribution in [3.63, 3.8) is 0 Å². The third-order valence-corrected chi connectivity index (χ3v) is 4.36. The van der Waals surface area contributed by atoms with Crippen LogP contribution in [0.4, 0.5) is 5.69 Å². The third-order valence-electron chi connectivity index (χ3n) is 4.36. The van der Waals surface area contributed by atoms with Crippen molar-refractivity contribution in [2.45, 2.75) is 20.8 Å². The van der Waals surface area contributed by atoms with Gasteiger partial charge in [-0.2, -0.15) is 0 Å². The fourth-order valence-electron chi connectivity index (χ4n) is 2.65. The number of amides is 1. The molecule has 1 aromatic carbocycles. The van der Waals surface area contributed by atoms with Crippen molar-refractivity contribution in [2.75, 3.05) is 37.6 Å². The Balaban J connectivity index is 0.00000242. The van der Waals surface area contributed by atoms with Crippen molar-refractivity contribution < 1.29 is 4.79 Å². The van der Waals surface area contributed by atoms with Gasteiger partial charge in [-0.3, -0.25) is 4.79 Å². The van der Waals surface area contributed by atoms with Gasteiger partial charge in [-0.25, -0.2) is 0 Å². The summed E-state index contributed by atoms with van der Waals surface area (Å²) in [6.45, 7) is 10.7. The van der Waals surface area contributed by atoms with Gasteiger partial charge in [-0.05, 0) is 50.6 Å². The predicted octanol–water partition coefficient (Wildman–Crippen LogP) is 2.64. The first-order valence-electron chi connectivity index (χ1n) is 7.92. The summed E-state index contributed by atoms with van der Waals surface area (Å²) in [4.78, 5) is 14.4. The van der Waals surface area contributed by atoms with E-state index in [1.54, 1.807) is 0 Å². The second-order valence-corrected chi connectivity index (χ2v) is 5.92. The van der Waals surface area contributed by atoms with Gasteiger partial charge in [0.2, 0.25) is 5.91 Å². The van der Waals surface area contributed by atoms with Crippen LogP contribution in [-0.4, -0.2) is 38.6 Å². The van der Waals surface area contributed by atoms with Crippen LogP contribution in [0.3, 0.4) is 0 Å². The highest BCUT2D eigenvalue weighted by molar-refractivity contribution is 5.85. The number of nitrogens with zero attached hydrogens (tertiary/aromatic N) is 1. The molecule has 6 heteroatoms. The van der Waals surface area contributed by atoms with Crippen molar-refractivity contribution in [1.82, 2.24) is 10.6 Å². The van der Waals surface area contributed by atoms with Crippen LogP contribution in [0.2, 0.25) is 0 Å². The topological polar surface area (TPSA) is 44.4 Å². The third kappa shape index (κ3) is 6.21. The van der Waals surface area contributed by atoms with E-state index in [-0.39, 0.29) is 36.6 Å². The molecule has 0 saturated carbocycles. The van der Waals surface area contributed by atoms with E-state index in [1.165, 1.54) is 11.3 Å². The highest BCUT2D eigenvalue weighted by atomic mass is 35.5. The fraction of sp³-hybridized carbons (Fsp3) is 0.588. The maximum atomic E-state index is 12.1. The summed E-state index contributed by atoms with van der Waals surface area (Å²) in [5.74, 6) is 0.797. The number of halogens is 2. The molecule has 2 rings (SSSR count). The minimum absolute atomic E-state index is 0. The summed E-state index contributed by atoms with van der Waals surface area (Å²) >= 11 is 0. The first-order chi connectivity index (χ1) is 10.1. The summed E-state index contributed by atoms with van der Waals surface area (Å²) in [6, 6.07) is 8.50. The molecule has 132 valence electrons. The zero-order valence-corrected chi connectivity index (χ0v) is 15.8. The van der Waals surface area contributed by atoms with Crippen molar-refractivity contribution >= 4 is 36.4 Å². The highest BCUT2D eigenvalue weighted by Gasteiger charge is 2.28. The molecule has 1 saturated heterocycles. The summed E-state index contributed by atoms with van der Waals surface area (Å²) < 4.78 is 0. The lowest BCUT2D eigenvalue weighted by atomic mass is 9.88. The molecule has 1 amide bonds. The number of hydrogen-bond donors (Lipinski definition) is 2. The highest BCUT2D eigenvalue weighted by Crippen LogP contribution is 2.16. The van der Waals surface area contributed by atoms with Gasteiger partial charge in [0.25, 0.3) is 0 Å². The normalized spacial score (nSPS) is 14.7. The maximum absolute atomic E-state index is 12.1. The van der Waals surface area contributed by atoms with Gasteiger partial charge >= 0.3 is 0 Å². The Hall–Kier alpha value is -0.970. The second-order valence-electron chi connectivity index (χ2n) is 5.92. The molecule has 2 N–H and O–H groups in total. The quantitative estimate of drug-likeness (QED) is 0.784. The number of nitrogens with one attached hydrogen (secondary N) is 2. The van der Waals surface area contributed by atoms with E-state index in [1.807, 2.05) is 6.92 Å². The van der Waals surface area contributed by atoms with Gasteiger partial charge in [-0.1, -0.05) is 19.1 Å². The average Bonchev–Trinajstić information content (AvgIpc) is 2.41. The second kappa shape index (κ2) is 10.7. The lowest BCUT2D eigenvalue weighted by Crippen LogP contribution is -2.50. The van der Waals surface area contributed by atoms with Gasteiger partial charge in [0, 0.05) is 31.2 Å². The molecular formula is C17H29Cl2N3O. The fourth-order valence-corrected chi connectivity index (χ4v) is 2.65. The SMILES string of the molecule is CCN(CCNC(=O)C(C)C1CNC1)c1cccc(C)c1.Cl.Cl. The van der Waals surface area contributed by atoms with Crippen LogP contribution in [0, 0.1) is 18.8 Å². The summed E-state index contributed by atoms with van der Waals surface area (Å²) in [5.41, 5.74) is 2.49. The predicted molar refractivity (Wildman–Crippen MR) is 102 cm³/mol. The van der Waals surface area contributed by atoms with E-state index >= 15 is 0 Å².